The van der Waals surface area contributed by atoms with Crippen molar-refractivity contribution in [2.75, 3.05) is 77.1 Å². The number of hydrogen-bond acceptors (Lipinski definition) is 12. The molecule has 12 nitrogen and oxygen atoms in total. The minimum absolute atomic E-state index is 0.117. The Hall–Kier alpha value is -3.28. The molecule has 2 aliphatic heterocycles. The molecule has 2 saturated heterocycles. The van der Waals surface area contributed by atoms with Crippen LogP contribution in [0.5, 0.6) is 11.5 Å². The third-order valence-corrected chi connectivity index (χ3v) is 11.2. The summed E-state index contributed by atoms with van der Waals surface area (Å²) in [5.74, 6) is 0.547. The summed E-state index contributed by atoms with van der Waals surface area (Å²) in [6, 6.07) is 9.89. The van der Waals surface area contributed by atoms with Gasteiger partial charge in [-0.2, -0.15) is 0 Å². The molecule has 2 aliphatic rings. The highest BCUT2D eigenvalue weighted by atomic mass is 32.2. The molecule has 0 aliphatic carbocycles. The van der Waals surface area contributed by atoms with E-state index in [2.05, 4.69) is 10.6 Å². The Labute approximate surface area is 324 Å². The van der Waals surface area contributed by atoms with Gasteiger partial charge in [0, 0.05) is 57.3 Å². The van der Waals surface area contributed by atoms with Crippen LogP contribution in [0.25, 0.3) is 0 Å². The van der Waals surface area contributed by atoms with E-state index in [4.69, 9.17) is 33.9 Å². The van der Waals surface area contributed by atoms with Gasteiger partial charge in [-0.1, -0.05) is 86.8 Å². The number of hydrogen-bond donors (Lipinski definition) is 3. The van der Waals surface area contributed by atoms with Gasteiger partial charge in [0.2, 0.25) is 0 Å². The van der Waals surface area contributed by atoms with Crippen LogP contribution in [-0.4, -0.2) is 129 Å². The van der Waals surface area contributed by atoms with Crippen molar-refractivity contribution in [3.05, 3.63) is 58.7 Å². The number of thioether (sulfide) groups is 2. The van der Waals surface area contributed by atoms with Crippen LogP contribution in [0.15, 0.2) is 36.4 Å². The molecule has 2 heterocycles. The number of carbonyl (C=O) groups excluding carboxylic acids is 4. The molecular weight excluding hydrogens is 743 g/mol. The molecule has 0 radical (unpaired) electrons. The highest BCUT2D eigenvalue weighted by molar-refractivity contribution is 8.23. The van der Waals surface area contributed by atoms with Crippen LogP contribution >= 0.6 is 48.0 Å². The first-order chi connectivity index (χ1) is 25.2. The molecule has 0 aromatic heterocycles. The van der Waals surface area contributed by atoms with Gasteiger partial charge in [0.1, 0.15) is 20.1 Å². The Morgan fingerprint density at radius 1 is 0.731 bits per heavy atom. The van der Waals surface area contributed by atoms with Crippen molar-refractivity contribution in [3.63, 3.8) is 0 Å². The average molecular weight is 790 g/mol. The standard InChI is InChI=1S/C36H47N5O7S4/c1-3-5-21-47-29-25(9-7-11-27(29)33(45)40-18-23-51-35(40)49)31(43)37-13-15-39(17-20-42)16-14-38-32(44)26-10-8-12-28(30(26)48-22-6-4-2)34(46)41-19-24-52-36(41)50/h7-12,42H,3-6,13-24H2,1-2H3,(H,37,43)(H,38,44). The van der Waals surface area contributed by atoms with Gasteiger partial charge < -0.3 is 25.2 Å². The number of carbonyl (C=O) groups is 4. The van der Waals surface area contributed by atoms with E-state index < -0.39 is 11.8 Å². The van der Waals surface area contributed by atoms with Crippen LogP contribution in [0.2, 0.25) is 0 Å². The Bertz CT molecular complexity index is 1500. The summed E-state index contributed by atoms with van der Waals surface area (Å²) in [5.41, 5.74) is 1.09. The molecule has 0 bridgehead atoms. The van der Waals surface area contributed by atoms with Gasteiger partial charge in [-0.15, -0.1) is 0 Å². The number of ether oxygens (including phenoxy) is 2. The number of para-hydroxylation sites is 2. The topological polar surface area (TPSA) is 141 Å². The molecule has 282 valence electrons. The summed E-state index contributed by atoms with van der Waals surface area (Å²) in [7, 11) is 0. The molecule has 3 N–H and O–H groups in total. The van der Waals surface area contributed by atoms with Crippen LogP contribution in [-0.2, 0) is 0 Å². The second kappa shape index (κ2) is 21.4. The van der Waals surface area contributed by atoms with Crippen molar-refractivity contribution >= 4 is 80.2 Å². The molecular formula is C36H47N5O7S4. The smallest absolute Gasteiger partial charge is 0.263 e. The number of amides is 4. The first-order valence-electron chi connectivity index (χ1n) is 17.6. The van der Waals surface area contributed by atoms with Crippen LogP contribution < -0.4 is 20.1 Å². The van der Waals surface area contributed by atoms with Crippen LogP contribution in [0.4, 0.5) is 0 Å². The van der Waals surface area contributed by atoms with Gasteiger partial charge in [0.15, 0.2) is 0 Å². The molecule has 4 rings (SSSR count). The second-order valence-corrected chi connectivity index (χ2v) is 15.4. The molecule has 0 unspecified atom stereocenters. The van der Waals surface area contributed by atoms with Crippen molar-refractivity contribution in [2.24, 2.45) is 0 Å². The van der Waals surface area contributed by atoms with E-state index >= 15 is 0 Å². The number of aliphatic hydroxyl groups excluding tert-OH is 1. The fourth-order valence-corrected chi connectivity index (χ4v) is 7.89. The Morgan fingerprint density at radius 2 is 1.15 bits per heavy atom. The van der Waals surface area contributed by atoms with Gasteiger partial charge in [-0.05, 0) is 37.1 Å². The molecule has 16 heteroatoms. The summed E-state index contributed by atoms with van der Waals surface area (Å²) in [5, 5.41) is 15.6. The molecule has 0 spiro atoms. The van der Waals surface area contributed by atoms with Crippen molar-refractivity contribution in [1.29, 1.82) is 0 Å². The largest absolute Gasteiger partial charge is 0.492 e. The van der Waals surface area contributed by atoms with Crippen molar-refractivity contribution in [1.82, 2.24) is 25.3 Å². The number of benzene rings is 2. The maximum absolute atomic E-state index is 13.4. The van der Waals surface area contributed by atoms with Crippen LogP contribution in [0, 0.1) is 0 Å². The number of thiocarbonyl (C=S) groups is 2. The number of nitrogens with one attached hydrogen (secondary N) is 2. The maximum atomic E-state index is 13.4. The van der Waals surface area contributed by atoms with Crippen molar-refractivity contribution < 1.29 is 33.8 Å². The number of aliphatic hydroxyl groups is 1. The van der Waals surface area contributed by atoms with Gasteiger partial charge in [-0.25, -0.2) is 0 Å². The Balaban J connectivity index is 1.38. The fourth-order valence-electron chi connectivity index (χ4n) is 5.49. The van der Waals surface area contributed by atoms with E-state index in [1.807, 2.05) is 18.7 Å². The highest BCUT2D eigenvalue weighted by Gasteiger charge is 2.31. The fraction of sp³-hybridized carbons (Fsp3) is 0.500. The highest BCUT2D eigenvalue weighted by Crippen LogP contribution is 2.30. The van der Waals surface area contributed by atoms with Crippen LogP contribution in [0.3, 0.4) is 0 Å². The maximum Gasteiger partial charge on any atom is 0.263 e. The van der Waals surface area contributed by atoms with E-state index in [1.54, 1.807) is 36.4 Å². The summed E-state index contributed by atoms with van der Waals surface area (Å²) in [6.45, 7) is 7.22. The monoisotopic (exact) mass is 789 g/mol. The zero-order chi connectivity index (χ0) is 37.5. The summed E-state index contributed by atoms with van der Waals surface area (Å²) >= 11 is 13.6. The van der Waals surface area contributed by atoms with E-state index in [9.17, 15) is 24.3 Å². The average Bonchev–Trinajstić information content (AvgIpc) is 3.78. The van der Waals surface area contributed by atoms with Gasteiger partial charge >= 0.3 is 0 Å². The lowest BCUT2D eigenvalue weighted by molar-refractivity contribution is 0.0847. The Kier molecular flexibility index (Phi) is 17.1. The molecule has 52 heavy (non-hydrogen) atoms. The quantitative estimate of drug-likeness (QED) is 0.129. The van der Waals surface area contributed by atoms with E-state index in [-0.39, 0.29) is 54.1 Å². The molecule has 2 fully saturated rings. The number of rotatable bonds is 20. The predicted octanol–water partition coefficient (Wildman–Crippen LogP) is 4.45. The zero-order valence-electron chi connectivity index (χ0n) is 29.6. The first-order valence-corrected chi connectivity index (χ1v) is 20.4. The molecule has 0 saturated carbocycles. The SMILES string of the molecule is CCCCOc1c(C(=O)NCCN(CCO)CCNC(=O)c2cccc(C(=O)N3CCSC3=S)c2OCCCC)cccc1C(=O)N1CCSC1=S. The third-order valence-electron chi connectivity index (χ3n) is 8.32. The van der Waals surface area contributed by atoms with Gasteiger partial charge in [-0.3, -0.25) is 33.9 Å². The lowest BCUT2D eigenvalue weighted by Gasteiger charge is -2.23. The summed E-state index contributed by atoms with van der Waals surface area (Å²) in [6.07, 6.45) is 3.30. The molecule has 2 aromatic rings. The lowest BCUT2D eigenvalue weighted by Crippen LogP contribution is -2.41. The lowest BCUT2D eigenvalue weighted by atomic mass is 10.1. The van der Waals surface area contributed by atoms with Crippen molar-refractivity contribution in [2.45, 2.75) is 39.5 Å². The minimum Gasteiger partial charge on any atom is -0.492 e. The summed E-state index contributed by atoms with van der Waals surface area (Å²) < 4.78 is 13.1. The minimum atomic E-state index is -0.393. The Morgan fingerprint density at radius 3 is 1.52 bits per heavy atom. The van der Waals surface area contributed by atoms with E-state index in [0.29, 0.717) is 65.7 Å². The normalized spacial score (nSPS) is 14.2. The van der Waals surface area contributed by atoms with Crippen LogP contribution in [0.1, 0.15) is 81.0 Å². The van der Waals surface area contributed by atoms with Gasteiger partial charge in [0.05, 0.1) is 42.1 Å². The zero-order valence-corrected chi connectivity index (χ0v) is 32.9. The number of unbranched alkanes of at least 4 members (excludes halogenated alkanes) is 2. The van der Waals surface area contributed by atoms with E-state index in [1.165, 1.54) is 33.3 Å². The number of nitrogens with zero attached hydrogens (tertiary/aromatic N) is 3. The second-order valence-electron chi connectivity index (χ2n) is 12.0. The first kappa shape index (κ1) is 41.5. The molecule has 0 atom stereocenters. The summed E-state index contributed by atoms with van der Waals surface area (Å²) in [4.78, 5) is 58.7. The molecule has 2 aromatic carbocycles. The van der Waals surface area contributed by atoms with Crippen molar-refractivity contribution in [3.8, 4) is 11.5 Å². The third kappa shape index (κ3) is 11.1. The van der Waals surface area contributed by atoms with E-state index in [0.717, 1.165) is 37.2 Å². The van der Waals surface area contributed by atoms with Gasteiger partial charge in [0.25, 0.3) is 23.6 Å². The predicted molar refractivity (Wildman–Crippen MR) is 214 cm³/mol. The molecule has 4 amide bonds.